The molecule has 12 nitrogen and oxygen atoms in total. The Bertz CT molecular complexity index is 1510. The minimum absolute atomic E-state index is 0.116. The molecule has 40 heavy (non-hydrogen) atoms. The molecule has 0 atom stereocenters. The molecule has 0 aliphatic rings. The van der Waals surface area contributed by atoms with Gasteiger partial charge in [0.05, 0.1) is 17.1 Å². The maximum atomic E-state index is 13.0. The summed E-state index contributed by atoms with van der Waals surface area (Å²) in [7, 11) is -4.37. The Morgan fingerprint density at radius 1 is 0.925 bits per heavy atom. The quantitative estimate of drug-likeness (QED) is 0.246. The molecule has 0 fully saturated rings. The summed E-state index contributed by atoms with van der Waals surface area (Å²) in [5.74, 6) is -4.29. The van der Waals surface area contributed by atoms with E-state index in [2.05, 4.69) is 20.4 Å². The summed E-state index contributed by atoms with van der Waals surface area (Å²) < 4.78 is 44.8. The number of rotatable bonds is 11. The third-order valence-corrected chi connectivity index (χ3v) is 6.66. The normalized spacial score (nSPS) is 10.8. The number of amides is 3. The van der Waals surface area contributed by atoms with Gasteiger partial charge in [0.2, 0.25) is 0 Å². The van der Waals surface area contributed by atoms with Gasteiger partial charge in [-0.25, -0.2) is 22.5 Å². The highest BCUT2D eigenvalue weighted by atomic mass is 32.2. The van der Waals surface area contributed by atoms with Crippen molar-refractivity contribution in [3.8, 4) is 5.75 Å². The third kappa shape index (κ3) is 8.07. The zero-order valence-electron chi connectivity index (χ0n) is 21.1. The minimum atomic E-state index is -4.37. The Kier molecular flexibility index (Phi) is 9.86. The fraction of sp³-hybridized carbons (Fsp3) is 0.192. The number of nitrogens with one attached hydrogen (secondary N) is 3. The van der Waals surface area contributed by atoms with Gasteiger partial charge in [0.1, 0.15) is 18.1 Å². The first-order valence-electron chi connectivity index (χ1n) is 11.8. The number of hydrogen-bond donors (Lipinski definition) is 4. The average Bonchev–Trinajstić information content (AvgIpc) is 2.92. The van der Waals surface area contributed by atoms with Gasteiger partial charge in [-0.15, -0.1) is 0 Å². The molecule has 0 radical (unpaired) electrons. The number of hydrogen-bond acceptors (Lipinski definition) is 9. The number of sulfonamides is 1. The summed E-state index contributed by atoms with van der Waals surface area (Å²) in [6, 6.07) is 11.5. The van der Waals surface area contributed by atoms with Gasteiger partial charge in [0.25, 0.3) is 27.7 Å². The number of esters is 1. The molecule has 1 heterocycles. The topological polar surface area (TPSA) is 181 Å². The molecule has 0 saturated heterocycles. The Hall–Kier alpha value is -4.85. The molecule has 210 valence electrons. The lowest BCUT2D eigenvalue weighted by atomic mass is 10.1. The summed E-state index contributed by atoms with van der Waals surface area (Å²) in [5, 5.41) is 15.0. The van der Waals surface area contributed by atoms with Gasteiger partial charge in [-0.05, 0) is 61.4 Å². The highest BCUT2D eigenvalue weighted by Crippen LogP contribution is 2.17. The predicted octanol–water partition coefficient (Wildman–Crippen LogP) is 1.31. The van der Waals surface area contributed by atoms with Gasteiger partial charge in [-0.3, -0.25) is 19.2 Å². The molecule has 3 amide bonds. The van der Waals surface area contributed by atoms with Crippen LogP contribution in [-0.4, -0.2) is 61.9 Å². The van der Waals surface area contributed by atoms with Crippen LogP contribution in [0.1, 0.15) is 43.7 Å². The van der Waals surface area contributed by atoms with Crippen LogP contribution in [0, 0.1) is 5.82 Å². The van der Waals surface area contributed by atoms with Crippen molar-refractivity contribution < 1.29 is 41.8 Å². The third-order valence-electron chi connectivity index (χ3n) is 5.31. The van der Waals surface area contributed by atoms with Crippen molar-refractivity contribution in [3.05, 3.63) is 89.0 Å². The zero-order valence-corrected chi connectivity index (χ0v) is 22.0. The molecule has 0 aliphatic carbocycles. The largest absolute Gasteiger partial charge is 0.505 e. The lowest BCUT2D eigenvalue weighted by Gasteiger charge is -2.10. The number of carbonyl (C=O) groups is 4. The van der Waals surface area contributed by atoms with Crippen LogP contribution in [0.5, 0.6) is 5.75 Å². The van der Waals surface area contributed by atoms with E-state index < -0.39 is 51.7 Å². The van der Waals surface area contributed by atoms with Crippen LogP contribution in [0.2, 0.25) is 0 Å². The first kappa shape index (κ1) is 29.7. The number of halogens is 1. The molecule has 2 aromatic carbocycles. The second kappa shape index (κ2) is 13.3. The summed E-state index contributed by atoms with van der Waals surface area (Å²) in [6.45, 7) is 1.51. The van der Waals surface area contributed by atoms with Crippen LogP contribution in [0.4, 0.5) is 4.39 Å². The number of aromatic nitrogens is 1. The van der Waals surface area contributed by atoms with Crippen molar-refractivity contribution in [1.29, 1.82) is 0 Å². The Morgan fingerprint density at radius 3 is 2.23 bits per heavy atom. The van der Waals surface area contributed by atoms with Crippen LogP contribution in [0.3, 0.4) is 0 Å². The van der Waals surface area contributed by atoms with E-state index in [-0.39, 0.29) is 35.0 Å². The lowest BCUT2D eigenvalue weighted by molar-refractivity contribution is -0.141. The molecule has 4 N–H and O–H groups in total. The van der Waals surface area contributed by atoms with Crippen LogP contribution >= 0.6 is 0 Å². The van der Waals surface area contributed by atoms with Crippen molar-refractivity contribution >= 4 is 33.7 Å². The second-order valence-corrected chi connectivity index (χ2v) is 9.85. The fourth-order valence-electron chi connectivity index (χ4n) is 3.30. The van der Waals surface area contributed by atoms with Gasteiger partial charge in [-0.1, -0.05) is 12.1 Å². The summed E-state index contributed by atoms with van der Waals surface area (Å²) in [6.07, 6.45) is 1.34. The van der Waals surface area contributed by atoms with Gasteiger partial charge >= 0.3 is 5.97 Å². The molecule has 0 saturated carbocycles. The smallest absolute Gasteiger partial charge is 0.325 e. The maximum Gasteiger partial charge on any atom is 0.325 e. The van der Waals surface area contributed by atoms with E-state index in [0.29, 0.717) is 6.42 Å². The van der Waals surface area contributed by atoms with Crippen molar-refractivity contribution in [3.63, 3.8) is 0 Å². The van der Waals surface area contributed by atoms with E-state index in [1.165, 1.54) is 24.3 Å². The molecule has 0 unspecified atom stereocenters. The SMILES string of the molecule is CCOC(=O)CNC(=O)c1ncc(C(=O)NS(=O)(=O)c2ccc(C(=O)NCCc3ccc(F)cc3)cc2)cc1O. The number of nitrogens with zero attached hydrogens (tertiary/aromatic N) is 1. The molecule has 1 aromatic heterocycles. The molecule has 0 aliphatic heterocycles. The number of ether oxygens (including phenoxy) is 1. The summed E-state index contributed by atoms with van der Waals surface area (Å²) in [4.78, 5) is 51.7. The number of aromatic hydroxyl groups is 1. The van der Waals surface area contributed by atoms with E-state index >= 15 is 0 Å². The zero-order chi connectivity index (χ0) is 29.3. The van der Waals surface area contributed by atoms with Crippen molar-refractivity contribution in [2.45, 2.75) is 18.2 Å². The Morgan fingerprint density at radius 2 is 1.60 bits per heavy atom. The highest BCUT2D eigenvalue weighted by molar-refractivity contribution is 7.90. The Balaban J connectivity index is 1.58. The van der Waals surface area contributed by atoms with E-state index in [1.807, 2.05) is 4.72 Å². The molecule has 0 bridgehead atoms. The molecule has 0 spiro atoms. The van der Waals surface area contributed by atoms with Crippen LogP contribution in [0.25, 0.3) is 0 Å². The second-order valence-electron chi connectivity index (χ2n) is 8.17. The average molecular weight is 573 g/mol. The van der Waals surface area contributed by atoms with Crippen LogP contribution < -0.4 is 15.4 Å². The van der Waals surface area contributed by atoms with Crippen molar-refractivity contribution in [2.24, 2.45) is 0 Å². The Labute approximate surface area is 228 Å². The standard InChI is InChI=1S/C26H25FN4O8S/c1-2-39-22(33)15-30-26(36)23-21(32)13-18(14-29-23)25(35)31-40(37,38)20-9-5-17(6-10-20)24(34)28-12-11-16-3-7-19(27)8-4-16/h3-10,13-14,32H,2,11-12,15H2,1H3,(H,28,34)(H,30,36)(H,31,35). The molecule has 3 aromatic rings. The number of carbonyl (C=O) groups excluding carboxylic acids is 4. The van der Waals surface area contributed by atoms with Crippen molar-refractivity contribution in [1.82, 2.24) is 20.3 Å². The first-order chi connectivity index (χ1) is 19.0. The van der Waals surface area contributed by atoms with Gasteiger partial charge in [0, 0.05) is 18.3 Å². The van der Waals surface area contributed by atoms with Crippen LogP contribution in [-0.2, 0) is 26.0 Å². The van der Waals surface area contributed by atoms with Crippen LogP contribution in [0.15, 0.2) is 65.7 Å². The van der Waals surface area contributed by atoms with Gasteiger partial charge < -0.3 is 20.5 Å². The molecule has 3 rings (SSSR count). The fourth-order valence-corrected chi connectivity index (χ4v) is 4.27. The first-order valence-corrected chi connectivity index (χ1v) is 13.3. The summed E-state index contributed by atoms with van der Waals surface area (Å²) in [5.41, 5.74) is 0.153. The predicted molar refractivity (Wildman–Crippen MR) is 138 cm³/mol. The van der Waals surface area contributed by atoms with Gasteiger partial charge in [0.15, 0.2) is 5.69 Å². The highest BCUT2D eigenvalue weighted by Gasteiger charge is 2.22. The van der Waals surface area contributed by atoms with E-state index in [0.717, 1.165) is 30.0 Å². The van der Waals surface area contributed by atoms with Gasteiger partial charge in [-0.2, -0.15) is 0 Å². The monoisotopic (exact) mass is 572 g/mol. The lowest BCUT2D eigenvalue weighted by Crippen LogP contribution is -2.32. The molecule has 14 heteroatoms. The molecular weight excluding hydrogens is 547 g/mol. The molecular formula is C26H25FN4O8S. The van der Waals surface area contributed by atoms with Crippen molar-refractivity contribution in [2.75, 3.05) is 19.7 Å². The van der Waals surface area contributed by atoms with E-state index in [9.17, 15) is 37.1 Å². The van der Waals surface area contributed by atoms with E-state index in [4.69, 9.17) is 0 Å². The maximum absolute atomic E-state index is 13.0. The van der Waals surface area contributed by atoms with E-state index in [1.54, 1.807) is 19.1 Å². The minimum Gasteiger partial charge on any atom is -0.505 e. The number of benzene rings is 2. The summed E-state index contributed by atoms with van der Waals surface area (Å²) >= 11 is 0. The number of pyridine rings is 1.